The van der Waals surface area contributed by atoms with Gasteiger partial charge in [0.2, 0.25) is 15.9 Å². The van der Waals surface area contributed by atoms with Gasteiger partial charge in [0.1, 0.15) is 0 Å². The van der Waals surface area contributed by atoms with Crippen molar-refractivity contribution in [1.29, 1.82) is 0 Å². The molecule has 6 nitrogen and oxygen atoms in total. The number of hydrogen-bond donors (Lipinski definition) is 1. The third-order valence-corrected chi connectivity index (χ3v) is 8.43. The van der Waals surface area contributed by atoms with Gasteiger partial charge >= 0.3 is 0 Å². The molecule has 4 rings (SSSR count). The highest BCUT2D eigenvalue weighted by atomic mass is 32.2. The molecule has 2 saturated heterocycles. The van der Waals surface area contributed by atoms with Gasteiger partial charge in [-0.15, -0.1) is 0 Å². The van der Waals surface area contributed by atoms with Crippen molar-refractivity contribution in [2.75, 3.05) is 25.4 Å². The minimum atomic E-state index is -3.18. The van der Waals surface area contributed by atoms with Crippen LogP contribution in [0.15, 0.2) is 30.3 Å². The molecule has 0 bridgehead atoms. The van der Waals surface area contributed by atoms with Crippen molar-refractivity contribution in [3.8, 4) is 0 Å². The highest BCUT2D eigenvalue weighted by Crippen LogP contribution is 2.38. The van der Waals surface area contributed by atoms with Crippen LogP contribution in [0.5, 0.6) is 0 Å². The van der Waals surface area contributed by atoms with Gasteiger partial charge in [0, 0.05) is 19.6 Å². The molecular weight excluding hydrogens is 374 g/mol. The fourth-order valence-electron chi connectivity index (χ4n) is 4.61. The van der Waals surface area contributed by atoms with Crippen molar-refractivity contribution >= 4 is 15.9 Å². The Morgan fingerprint density at radius 3 is 2.43 bits per heavy atom. The predicted molar refractivity (Wildman–Crippen MR) is 109 cm³/mol. The first-order valence-corrected chi connectivity index (χ1v) is 12.2. The topological polar surface area (TPSA) is 69.7 Å². The lowest BCUT2D eigenvalue weighted by molar-refractivity contribution is -0.133. The number of carbonyl (C=O) groups excluding carboxylic acids is 1. The maximum Gasteiger partial charge on any atom is 0.241 e. The van der Waals surface area contributed by atoms with E-state index in [0.717, 1.165) is 12.1 Å². The number of carbonyl (C=O) groups is 1. The third kappa shape index (κ3) is 3.98. The van der Waals surface area contributed by atoms with Crippen LogP contribution in [0.3, 0.4) is 0 Å². The number of nitrogens with one attached hydrogen (secondary N) is 1. The summed E-state index contributed by atoms with van der Waals surface area (Å²) in [6, 6.07) is 9.89. The SMILES string of the molecule is CCCS(=O)(=O)N1CCC2(CC1)NC(Cc1ccccc1)C(=O)N2CC1CC1. The van der Waals surface area contributed by atoms with Crippen LogP contribution < -0.4 is 5.32 Å². The summed E-state index contributed by atoms with van der Waals surface area (Å²) >= 11 is 0. The minimum Gasteiger partial charge on any atom is -0.323 e. The molecule has 3 aliphatic rings. The molecule has 1 amide bonds. The zero-order valence-corrected chi connectivity index (χ0v) is 17.5. The summed E-state index contributed by atoms with van der Waals surface area (Å²) in [6.07, 6.45) is 5.04. The van der Waals surface area contributed by atoms with E-state index in [4.69, 9.17) is 0 Å². The molecule has 1 aromatic carbocycles. The first-order chi connectivity index (χ1) is 13.4. The second-order valence-corrected chi connectivity index (χ2v) is 10.6. The van der Waals surface area contributed by atoms with Gasteiger partial charge in [-0.25, -0.2) is 12.7 Å². The third-order valence-electron chi connectivity index (χ3n) is 6.35. The molecule has 154 valence electrons. The second-order valence-electron chi connectivity index (χ2n) is 8.53. The standard InChI is InChI=1S/C21H31N3O3S/c1-2-14-28(26,27)23-12-10-21(11-13-23)22-19(15-17-6-4-3-5-7-17)20(25)24(21)16-18-8-9-18/h3-7,18-19,22H,2,8-16H2,1H3. The van der Waals surface area contributed by atoms with Gasteiger partial charge in [-0.3, -0.25) is 10.1 Å². The van der Waals surface area contributed by atoms with E-state index >= 15 is 0 Å². The first kappa shape index (κ1) is 19.9. The molecule has 0 aromatic heterocycles. The van der Waals surface area contributed by atoms with E-state index in [1.165, 1.54) is 12.8 Å². The van der Waals surface area contributed by atoms with Crippen molar-refractivity contribution in [2.45, 2.75) is 57.2 Å². The van der Waals surface area contributed by atoms with Crippen LogP contribution in [-0.2, 0) is 21.2 Å². The number of nitrogens with zero attached hydrogens (tertiary/aromatic N) is 2. The monoisotopic (exact) mass is 405 g/mol. The summed E-state index contributed by atoms with van der Waals surface area (Å²) in [5.74, 6) is 0.995. The van der Waals surface area contributed by atoms with Crippen molar-refractivity contribution in [2.24, 2.45) is 5.92 Å². The number of sulfonamides is 1. The number of rotatable bonds is 7. The largest absolute Gasteiger partial charge is 0.323 e. The van der Waals surface area contributed by atoms with E-state index in [1.807, 2.05) is 25.1 Å². The summed E-state index contributed by atoms with van der Waals surface area (Å²) in [7, 11) is -3.18. The molecule has 1 unspecified atom stereocenters. The van der Waals surface area contributed by atoms with E-state index in [0.29, 0.717) is 44.7 Å². The van der Waals surface area contributed by atoms with E-state index < -0.39 is 15.7 Å². The number of benzene rings is 1. The van der Waals surface area contributed by atoms with Crippen LogP contribution in [0.4, 0.5) is 0 Å². The molecule has 2 heterocycles. The lowest BCUT2D eigenvalue weighted by atomic mass is 9.97. The molecule has 7 heteroatoms. The Labute approximate surface area is 168 Å². The van der Waals surface area contributed by atoms with Crippen molar-refractivity contribution in [3.05, 3.63) is 35.9 Å². The van der Waals surface area contributed by atoms with Gasteiger partial charge in [0.25, 0.3) is 0 Å². The van der Waals surface area contributed by atoms with Crippen molar-refractivity contribution < 1.29 is 13.2 Å². The lowest BCUT2D eigenvalue weighted by Gasteiger charge is -2.44. The molecule has 0 radical (unpaired) electrons. The molecule has 1 N–H and O–H groups in total. The number of piperidine rings is 1. The Bertz CT molecular complexity index is 799. The Morgan fingerprint density at radius 2 is 1.82 bits per heavy atom. The molecule has 1 spiro atoms. The molecule has 1 saturated carbocycles. The molecular formula is C21H31N3O3S. The van der Waals surface area contributed by atoms with Crippen LogP contribution in [0.2, 0.25) is 0 Å². The zero-order chi connectivity index (χ0) is 19.8. The van der Waals surface area contributed by atoms with Gasteiger partial charge in [-0.05, 0) is 50.0 Å². The maximum atomic E-state index is 13.3. The summed E-state index contributed by atoms with van der Waals surface area (Å²) in [5, 5.41) is 3.65. The summed E-state index contributed by atoms with van der Waals surface area (Å²) < 4.78 is 26.5. The molecule has 2 aliphatic heterocycles. The van der Waals surface area contributed by atoms with Gasteiger partial charge < -0.3 is 4.90 Å². The van der Waals surface area contributed by atoms with E-state index in [9.17, 15) is 13.2 Å². The molecule has 1 aromatic rings. The second kappa shape index (κ2) is 7.76. The smallest absolute Gasteiger partial charge is 0.241 e. The van der Waals surface area contributed by atoms with E-state index in [1.54, 1.807) is 4.31 Å². The predicted octanol–water partition coefficient (Wildman–Crippen LogP) is 1.97. The Kier molecular flexibility index (Phi) is 5.51. The van der Waals surface area contributed by atoms with Crippen LogP contribution >= 0.6 is 0 Å². The first-order valence-electron chi connectivity index (χ1n) is 10.5. The van der Waals surface area contributed by atoms with E-state index in [2.05, 4.69) is 22.3 Å². The summed E-state index contributed by atoms with van der Waals surface area (Å²) in [4.78, 5) is 15.3. The average molecular weight is 406 g/mol. The number of amides is 1. The van der Waals surface area contributed by atoms with Crippen molar-refractivity contribution in [3.63, 3.8) is 0 Å². The maximum absolute atomic E-state index is 13.3. The molecule has 3 fully saturated rings. The van der Waals surface area contributed by atoms with Gasteiger partial charge in [-0.2, -0.15) is 0 Å². The minimum absolute atomic E-state index is 0.181. The molecule has 28 heavy (non-hydrogen) atoms. The van der Waals surface area contributed by atoms with Crippen LogP contribution in [0.25, 0.3) is 0 Å². The fourth-order valence-corrected chi connectivity index (χ4v) is 6.12. The lowest BCUT2D eigenvalue weighted by Crippen LogP contribution is -2.60. The molecule has 1 atom stereocenters. The Morgan fingerprint density at radius 1 is 1.14 bits per heavy atom. The summed E-state index contributed by atoms with van der Waals surface area (Å²) in [6.45, 7) is 3.67. The Hall–Kier alpha value is -1.44. The van der Waals surface area contributed by atoms with Crippen LogP contribution in [-0.4, -0.2) is 60.6 Å². The van der Waals surface area contributed by atoms with Crippen LogP contribution in [0, 0.1) is 5.92 Å². The van der Waals surface area contributed by atoms with Crippen LogP contribution in [0.1, 0.15) is 44.6 Å². The van der Waals surface area contributed by atoms with Gasteiger partial charge in [0.05, 0.1) is 17.5 Å². The Balaban J connectivity index is 1.50. The zero-order valence-electron chi connectivity index (χ0n) is 16.6. The normalized spacial score (nSPS) is 25.5. The highest BCUT2D eigenvalue weighted by Gasteiger charge is 2.53. The van der Waals surface area contributed by atoms with Gasteiger partial charge in [-0.1, -0.05) is 37.3 Å². The summed E-state index contributed by atoms with van der Waals surface area (Å²) in [5.41, 5.74) is 0.761. The van der Waals surface area contributed by atoms with Crippen molar-refractivity contribution in [1.82, 2.24) is 14.5 Å². The quantitative estimate of drug-likeness (QED) is 0.753. The fraction of sp³-hybridized carbons (Fsp3) is 0.667. The highest BCUT2D eigenvalue weighted by molar-refractivity contribution is 7.89. The molecule has 1 aliphatic carbocycles. The number of hydrogen-bond acceptors (Lipinski definition) is 4. The van der Waals surface area contributed by atoms with Gasteiger partial charge in [0.15, 0.2) is 0 Å². The van der Waals surface area contributed by atoms with E-state index in [-0.39, 0.29) is 17.7 Å². The average Bonchev–Trinajstić information content (AvgIpc) is 3.47.